The largest absolute Gasteiger partial charge is 0.444 e. The van der Waals surface area contributed by atoms with Crippen LogP contribution >= 0.6 is 15.9 Å². The van der Waals surface area contributed by atoms with Crippen molar-refractivity contribution in [1.29, 1.82) is 0 Å². The third kappa shape index (κ3) is 7.26. The average Bonchev–Trinajstić information content (AvgIpc) is 2.62. The molecule has 0 saturated heterocycles. The number of nitrogens with one attached hydrogen (secondary N) is 2. The summed E-state index contributed by atoms with van der Waals surface area (Å²) in [5.41, 5.74) is -1.16. The van der Waals surface area contributed by atoms with Crippen LogP contribution in [0.4, 0.5) is 14.9 Å². The van der Waals surface area contributed by atoms with Crippen molar-refractivity contribution >= 4 is 37.7 Å². The van der Waals surface area contributed by atoms with Gasteiger partial charge in [-0.2, -0.15) is 0 Å². The highest BCUT2D eigenvalue weighted by Gasteiger charge is 2.27. The van der Waals surface area contributed by atoms with Crippen molar-refractivity contribution < 1.29 is 27.3 Å². The molecule has 2 aromatic rings. The highest BCUT2D eigenvalue weighted by molar-refractivity contribution is 9.10. The van der Waals surface area contributed by atoms with E-state index in [9.17, 15) is 27.7 Å². The van der Waals surface area contributed by atoms with Gasteiger partial charge in [-0.1, -0.05) is 28.1 Å². The van der Waals surface area contributed by atoms with E-state index >= 15 is 0 Å². The molecule has 0 aliphatic carbocycles. The van der Waals surface area contributed by atoms with E-state index in [1.165, 1.54) is 24.3 Å². The number of nitro benzene ring substituents is 1. The summed E-state index contributed by atoms with van der Waals surface area (Å²) in [5.74, 6) is -0.609. The topological polar surface area (TPSA) is 128 Å². The molecule has 0 bridgehead atoms. The van der Waals surface area contributed by atoms with Crippen molar-refractivity contribution in [1.82, 2.24) is 10.0 Å². The van der Waals surface area contributed by atoms with Gasteiger partial charge < -0.3 is 10.1 Å². The summed E-state index contributed by atoms with van der Waals surface area (Å²) in [6.07, 6.45) is -0.845. The molecule has 2 N–H and O–H groups in total. The molecule has 31 heavy (non-hydrogen) atoms. The number of alkyl carbamates (subject to hydrolysis) is 1. The molecule has 0 aliphatic heterocycles. The van der Waals surface area contributed by atoms with Crippen LogP contribution in [0.1, 0.15) is 32.4 Å². The van der Waals surface area contributed by atoms with Crippen molar-refractivity contribution in [3.05, 3.63) is 68.4 Å². The lowest BCUT2D eigenvalue weighted by atomic mass is 10.1. The summed E-state index contributed by atoms with van der Waals surface area (Å²) in [5, 5.41) is 13.7. The van der Waals surface area contributed by atoms with Gasteiger partial charge in [0.05, 0.1) is 11.0 Å². The zero-order chi connectivity index (χ0) is 23.4. The second-order valence-electron chi connectivity index (χ2n) is 7.48. The smallest absolute Gasteiger partial charge is 0.408 e. The normalized spacial score (nSPS) is 12.8. The number of carbonyl (C=O) groups excluding carboxylic acids is 1. The first-order valence-corrected chi connectivity index (χ1v) is 11.2. The van der Waals surface area contributed by atoms with Crippen molar-refractivity contribution in [2.24, 2.45) is 0 Å². The molecule has 2 rings (SSSR count). The maximum absolute atomic E-state index is 13.9. The van der Waals surface area contributed by atoms with E-state index in [4.69, 9.17) is 4.74 Å². The average molecular weight is 518 g/mol. The number of hydrogen-bond acceptors (Lipinski definition) is 6. The Labute approximate surface area is 187 Å². The lowest BCUT2D eigenvalue weighted by Gasteiger charge is -2.24. The van der Waals surface area contributed by atoms with Gasteiger partial charge in [0.2, 0.25) is 10.0 Å². The number of para-hydroxylation sites is 1. The summed E-state index contributed by atoms with van der Waals surface area (Å²) in [6, 6.07) is 7.65. The van der Waals surface area contributed by atoms with E-state index < -0.39 is 55.6 Å². The predicted molar refractivity (Wildman–Crippen MR) is 114 cm³/mol. The van der Waals surface area contributed by atoms with Crippen molar-refractivity contribution in [3.8, 4) is 0 Å². The highest BCUT2D eigenvalue weighted by Crippen LogP contribution is 2.24. The van der Waals surface area contributed by atoms with Gasteiger partial charge in [-0.3, -0.25) is 10.1 Å². The number of benzene rings is 2. The fraction of sp³-hybridized carbons (Fsp3) is 0.316. The maximum atomic E-state index is 13.9. The molecular formula is C19H21BrFN3O6S. The van der Waals surface area contributed by atoms with Crippen LogP contribution in [-0.2, 0) is 14.8 Å². The molecule has 0 aromatic heterocycles. The Kier molecular flexibility index (Phi) is 7.73. The number of halogens is 2. The van der Waals surface area contributed by atoms with Crippen LogP contribution in [0.3, 0.4) is 0 Å². The number of rotatable bonds is 7. The lowest BCUT2D eigenvalue weighted by Crippen LogP contribution is -2.40. The van der Waals surface area contributed by atoms with Crippen LogP contribution in [0.15, 0.2) is 51.8 Å². The Morgan fingerprint density at radius 1 is 1.26 bits per heavy atom. The molecule has 0 aliphatic rings. The van der Waals surface area contributed by atoms with Gasteiger partial charge >= 0.3 is 6.09 Å². The SMILES string of the molecule is CC(C)(C)OC(=O)N[C@H](CNS(=O)(=O)c1ccccc1[N+](=O)[O-])c1cc(F)cc(Br)c1. The van der Waals surface area contributed by atoms with Gasteiger partial charge in [0.25, 0.3) is 5.69 Å². The summed E-state index contributed by atoms with van der Waals surface area (Å²) in [4.78, 5) is 22.1. The van der Waals surface area contributed by atoms with Crippen LogP contribution in [0.5, 0.6) is 0 Å². The molecule has 0 radical (unpaired) electrons. The molecule has 2 aromatic carbocycles. The van der Waals surface area contributed by atoms with Crippen molar-refractivity contribution in [2.75, 3.05) is 6.54 Å². The number of amides is 1. The van der Waals surface area contributed by atoms with E-state index in [1.54, 1.807) is 20.8 Å². The molecule has 0 unspecified atom stereocenters. The number of carbonyl (C=O) groups is 1. The molecule has 0 spiro atoms. The molecule has 168 valence electrons. The van der Waals surface area contributed by atoms with E-state index in [0.29, 0.717) is 4.47 Å². The van der Waals surface area contributed by atoms with E-state index in [1.807, 2.05) is 0 Å². The molecule has 1 amide bonds. The minimum Gasteiger partial charge on any atom is -0.444 e. The zero-order valence-corrected chi connectivity index (χ0v) is 19.3. The van der Waals surface area contributed by atoms with Crippen LogP contribution in [-0.4, -0.2) is 31.6 Å². The monoisotopic (exact) mass is 517 g/mol. The van der Waals surface area contributed by atoms with E-state index in [2.05, 4.69) is 26.0 Å². The Morgan fingerprint density at radius 3 is 2.48 bits per heavy atom. The zero-order valence-electron chi connectivity index (χ0n) is 16.9. The van der Waals surface area contributed by atoms with Gasteiger partial charge in [-0.05, 0) is 50.6 Å². The first-order valence-electron chi connectivity index (χ1n) is 8.97. The number of nitrogens with zero attached hydrogens (tertiary/aromatic N) is 1. The predicted octanol–water partition coefficient (Wildman–Crippen LogP) is 4.04. The van der Waals surface area contributed by atoms with Crippen LogP contribution in [0, 0.1) is 15.9 Å². The Hall–Kier alpha value is -2.57. The number of ether oxygens (including phenoxy) is 1. The number of sulfonamides is 1. The van der Waals surface area contributed by atoms with Gasteiger partial charge in [0, 0.05) is 17.1 Å². The molecule has 12 heteroatoms. The van der Waals surface area contributed by atoms with E-state index in [-0.39, 0.29) is 5.56 Å². The van der Waals surface area contributed by atoms with Crippen molar-refractivity contribution in [2.45, 2.75) is 37.3 Å². The summed E-state index contributed by atoms with van der Waals surface area (Å²) >= 11 is 3.15. The molecular weight excluding hydrogens is 497 g/mol. The highest BCUT2D eigenvalue weighted by atomic mass is 79.9. The van der Waals surface area contributed by atoms with Gasteiger partial charge in [0.1, 0.15) is 11.4 Å². The molecule has 1 atom stereocenters. The molecule has 0 fully saturated rings. The molecule has 0 saturated carbocycles. The lowest BCUT2D eigenvalue weighted by molar-refractivity contribution is -0.387. The second kappa shape index (κ2) is 9.71. The molecule has 9 nitrogen and oxygen atoms in total. The fourth-order valence-electron chi connectivity index (χ4n) is 2.58. The first-order chi connectivity index (χ1) is 14.3. The Morgan fingerprint density at radius 2 is 1.90 bits per heavy atom. The second-order valence-corrected chi connectivity index (χ2v) is 10.1. The quantitative estimate of drug-likeness (QED) is 0.421. The minimum atomic E-state index is -4.32. The van der Waals surface area contributed by atoms with Crippen LogP contribution in [0.2, 0.25) is 0 Å². The number of nitro groups is 1. The molecule has 0 heterocycles. The number of hydrogen-bond donors (Lipinski definition) is 2. The summed E-state index contributed by atoms with van der Waals surface area (Å²) < 4.78 is 47.1. The standard InChI is InChI=1S/C19H21BrFN3O6S/c1-19(2,3)30-18(25)23-15(12-8-13(20)10-14(21)9-12)11-22-31(28,29)17-7-5-4-6-16(17)24(26)27/h4-10,15,22H,11H2,1-3H3,(H,23,25)/t15-/m1/s1. The van der Waals surface area contributed by atoms with Gasteiger partial charge in [-0.25, -0.2) is 22.3 Å². The fourth-order valence-corrected chi connectivity index (χ4v) is 4.28. The first kappa shape index (κ1) is 24.7. The minimum absolute atomic E-state index is 0.253. The van der Waals surface area contributed by atoms with E-state index in [0.717, 1.165) is 18.2 Å². The maximum Gasteiger partial charge on any atom is 0.408 e. The third-order valence-electron chi connectivity index (χ3n) is 3.81. The van der Waals surface area contributed by atoms with Crippen molar-refractivity contribution in [3.63, 3.8) is 0 Å². The van der Waals surface area contributed by atoms with Crippen LogP contribution in [0.25, 0.3) is 0 Å². The summed E-state index contributed by atoms with van der Waals surface area (Å²) in [7, 11) is -4.32. The van der Waals surface area contributed by atoms with Gasteiger partial charge in [-0.15, -0.1) is 0 Å². The Balaban J connectivity index is 2.33. The Bertz CT molecular complexity index is 1070. The summed E-state index contributed by atoms with van der Waals surface area (Å²) in [6.45, 7) is 4.54. The van der Waals surface area contributed by atoms with Crippen LogP contribution < -0.4 is 10.0 Å². The third-order valence-corrected chi connectivity index (χ3v) is 5.74. The van der Waals surface area contributed by atoms with Gasteiger partial charge in [0.15, 0.2) is 4.90 Å².